The fourth-order valence-corrected chi connectivity index (χ4v) is 2.21. The van der Waals surface area contributed by atoms with E-state index in [0.29, 0.717) is 16.8 Å². The number of rotatable bonds is 5. The molecule has 1 amide bonds. The number of ketones is 1. The lowest BCUT2D eigenvalue weighted by atomic mass is 9.95. The molecule has 26 heavy (non-hydrogen) atoms. The van der Waals surface area contributed by atoms with Gasteiger partial charge in [-0.3, -0.25) is 9.59 Å². The predicted molar refractivity (Wildman–Crippen MR) is 103 cm³/mol. The monoisotopic (exact) mass is 417 g/mol. The highest BCUT2D eigenvalue weighted by molar-refractivity contribution is 9.10. The summed E-state index contributed by atoms with van der Waals surface area (Å²) in [5, 5.41) is 2.78. The van der Waals surface area contributed by atoms with E-state index < -0.39 is 11.4 Å². The van der Waals surface area contributed by atoms with Crippen molar-refractivity contribution in [2.45, 2.75) is 20.8 Å². The van der Waals surface area contributed by atoms with Crippen LogP contribution in [0, 0.1) is 5.41 Å². The van der Waals surface area contributed by atoms with Gasteiger partial charge in [0, 0.05) is 21.1 Å². The Morgan fingerprint density at radius 1 is 0.923 bits per heavy atom. The Balaban J connectivity index is 1.92. The Labute approximate surface area is 160 Å². The summed E-state index contributed by atoms with van der Waals surface area (Å²) in [6.07, 6.45) is 0. The van der Waals surface area contributed by atoms with Gasteiger partial charge in [0.05, 0.1) is 5.56 Å². The summed E-state index contributed by atoms with van der Waals surface area (Å²) in [6, 6.07) is 13.2. The average molecular weight is 418 g/mol. The van der Waals surface area contributed by atoms with Crippen molar-refractivity contribution in [3.05, 3.63) is 64.1 Å². The molecular weight excluding hydrogens is 398 g/mol. The molecule has 0 unspecified atom stereocenters. The van der Waals surface area contributed by atoms with Gasteiger partial charge < -0.3 is 10.1 Å². The molecule has 0 saturated carbocycles. The van der Waals surface area contributed by atoms with E-state index in [4.69, 9.17) is 4.74 Å². The summed E-state index contributed by atoms with van der Waals surface area (Å²) in [6.45, 7) is 5.11. The van der Waals surface area contributed by atoms with Crippen LogP contribution in [0.15, 0.2) is 53.0 Å². The minimum atomic E-state index is -0.556. The summed E-state index contributed by atoms with van der Waals surface area (Å²) in [5.41, 5.74) is 0.882. The quantitative estimate of drug-likeness (QED) is 0.575. The fraction of sp³-hybridized carbons (Fsp3) is 0.250. The first-order valence-corrected chi connectivity index (χ1v) is 8.83. The molecule has 0 spiro atoms. The highest BCUT2D eigenvalue weighted by atomic mass is 79.9. The summed E-state index contributed by atoms with van der Waals surface area (Å²) < 4.78 is 5.90. The van der Waals surface area contributed by atoms with E-state index in [1.807, 2.05) is 20.8 Å². The molecule has 5 nitrogen and oxygen atoms in total. The smallest absolute Gasteiger partial charge is 0.338 e. The van der Waals surface area contributed by atoms with Crippen LogP contribution in [0.1, 0.15) is 41.5 Å². The Morgan fingerprint density at radius 2 is 1.46 bits per heavy atom. The van der Waals surface area contributed by atoms with E-state index in [9.17, 15) is 14.4 Å². The third-order valence-corrected chi connectivity index (χ3v) is 4.09. The molecule has 2 aromatic rings. The fourth-order valence-electron chi connectivity index (χ4n) is 1.94. The zero-order valence-corrected chi connectivity index (χ0v) is 16.4. The summed E-state index contributed by atoms with van der Waals surface area (Å²) in [7, 11) is 0. The molecule has 0 aromatic heterocycles. The van der Waals surface area contributed by atoms with Crippen molar-refractivity contribution in [2.75, 3.05) is 11.9 Å². The number of carbonyl (C=O) groups is 3. The van der Waals surface area contributed by atoms with Crippen molar-refractivity contribution in [3.8, 4) is 0 Å². The topological polar surface area (TPSA) is 72.5 Å². The van der Waals surface area contributed by atoms with E-state index in [0.717, 1.165) is 4.47 Å². The molecule has 2 rings (SSSR count). The second-order valence-electron chi connectivity index (χ2n) is 6.79. The average Bonchev–Trinajstić information content (AvgIpc) is 2.59. The highest BCUT2D eigenvalue weighted by Crippen LogP contribution is 2.18. The lowest BCUT2D eigenvalue weighted by Crippen LogP contribution is -2.27. The van der Waals surface area contributed by atoms with Gasteiger partial charge in [-0.25, -0.2) is 4.79 Å². The SMILES string of the molecule is CC(C)(C)C(=O)Nc1ccc(C(=O)COC(=O)c2ccc(Br)cc2)cc1. The number of esters is 1. The molecule has 0 atom stereocenters. The van der Waals surface area contributed by atoms with Gasteiger partial charge in [-0.15, -0.1) is 0 Å². The molecule has 0 aliphatic rings. The maximum Gasteiger partial charge on any atom is 0.338 e. The zero-order chi connectivity index (χ0) is 19.3. The second-order valence-corrected chi connectivity index (χ2v) is 7.70. The van der Waals surface area contributed by atoms with Gasteiger partial charge in [0.1, 0.15) is 0 Å². The first-order chi connectivity index (χ1) is 12.2. The van der Waals surface area contributed by atoms with E-state index >= 15 is 0 Å². The van der Waals surface area contributed by atoms with E-state index in [2.05, 4.69) is 21.2 Å². The van der Waals surface area contributed by atoms with Crippen LogP contribution in [-0.4, -0.2) is 24.3 Å². The number of halogens is 1. The minimum Gasteiger partial charge on any atom is -0.454 e. The van der Waals surface area contributed by atoms with Crippen LogP contribution in [0.2, 0.25) is 0 Å². The van der Waals surface area contributed by atoms with E-state index in [-0.39, 0.29) is 18.3 Å². The van der Waals surface area contributed by atoms with Crippen LogP contribution in [0.25, 0.3) is 0 Å². The van der Waals surface area contributed by atoms with Crippen molar-refractivity contribution in [1.82, 2.24) is 0 Å². The van der Waals surface area contributed by atoms with Crippen LogP contribution >= 0.6 is 15.9 Å². The van der Waals surface area contributed by atoms with Crippen molar-refractivity contribution >= 4 is 39.3 Å². The lowest BCUT2D eigenvalue weighted by Gasteiger charge is -2.17. The number of amides is 1. The van der Waals surface area contributed by atoms with Crippen LogP contribution in [0.4, 0.5) is 5.69 Å². The second kappa shape index (κ2) is 8.27. The number of ether oxygens (including phenoxy) is 1. The zero-order valence-electron chi connectivity index (χ0n) is 14.8. The molecule has 1 N–H and O–H groups in total. The van der Waals surface area contributed by atoms with Crippen LogP contribution in [0.5, 0.6) is 0 Å². The summed E-state index contributed by atoms with van der Waals surface area (Å²) in [4.78, 5) is 36.0. The molecule has 136 valence electrons. The highest BCUT2D eigenvalue weighted by Gasteiger charge is 2.21. The normalized spacial score (nSPS) is 10.9. The Morgan fingerprint density at radius 3 is 2.00 bits per heavy atom. The number of hydrogen-bond donors (Lipinski definition) is 1. The molecule has 0 heterocycles. The van der Waals surface area contributed by atoms with Crippen LogP contribution < -0.4 is 5.32 Å². The molecule has 0 aliphatic heterocycles. The summed E-state index contributed by atoms with van der Waals surface area (Å²) in [5.74, 6) is -0.982. The van der Waals surface area contributed by atoms with Crippen LogP contribution in [0.3, 0.4) is 0 Å². The predicted octanol–water partition coefficient (Wildman–Crippen LogP) is 4.47. The standard InChI is InChI=1S/C20H20BrNO4/c1-20(2,3)19(25)22-16-10-6-13(7-11-16)17(23)12-26-18(24)14-4-8-15(21)9-5-14/h4-11H,12H2,1-3H3,(H,22,25). The number of anilines is 1. The minimum absolute atomic E-state index is 0.111. The molecule has 0 saturated heterocycles. The lowest BCUT2D eigenvalue weighted by molar-refractivity contribution is -0.123. The maximum atomic E-state index is 12.2. The Hall–Kier alpha value is -2.47. The Kier molecular flexibility index (Phi) is 6.32. The number of Topliss-reactive ketones (excluding diaryl/α,β-unsaturated/α-hetero) is 1. The molecule has 2 aromatic carbocycles. The number of benzene rings is 2. The van der Waals surface area contributed by atoms with Gasteiger partial charge in [-0.1, -0.05) is 36.7 Å². The van der Waals surface area contributed by atoms with E-state index in [1.165, 1.54) is 0 Å². The van der Waals surface area contributed by atoms with Gasteiger partial charge in [0.2, 0.25) is 5.91 Å². The summed E-state index contributed by atoms with van der Waals surface area (Å²) >= 11 is 3.29. The molecule has 0 fully saturated rings. The van der Waals surface area contributed by atoms with Gasteiger partial charge in [0.25, 0.3) is 0 Å². The third-order valence-electron chi connectivity index (χ3n) is 3.56. The van der Waals surface area contributed by atoms with Crippen molar-refractivity contribution < 1.29 is 19.1 Å². The number of nitrogens with one attached hydrogen (secondary N) is 1. The largest absolute Gasteiger partial charge is 0.454 e. The number of carbonyl (C=O) groups excluding carboxylic acids is 3. The van der Waals surface area contributed by atoms with Crippen molar-refractivity contribution in [3.63, 3.8) is 0 Å². The molecular formula is C20H20BrNO4. The van der Waals surface area contributed by atoms with Gasteiger partial charge in [-0.2, -0.15) is 0 Å². The van der Waals surface area contributed by atoms with Gasteiger partial charge in [-0.05, 0) is 48.5 Å². The maximum absolute atomic E-state index is 12.2. The molecule has 0 bridgehead atoms. The Bertz CT molecular complexity index is 805. The number of hydrogen-bond acceptors (Lipinski definition) is 4. The molecule has 0 aliphatic carbocycles. The van der Waals surface area contributed by atoms with Gasteiger partial charge >= 0.3 is 5.97 Å². The first kappa shape index (κ1) is 19.8. The third kappa shape index (κ3) is 5.52. The van der Waals surface area contributed by atoms with Crippen LogP contribution in [-0.2, 0) is 9.53 Å². The van der Waals surface area contributed by atoms with Crippen molar-refractivity contribution in [2.24, 2.45) is 5.41 Å². The van der Waals surface area contributed by atoms with Gasteiger partial charge in [0.15, 0.2) is 12.4 Å². The molecule has 0 radical (unpaired) electrons. The van der Waals surface area contributed by atoms with Crippen molar-refractivity contribution in [1.29, 1.82) is 0 Å². The first-order valence-electron chi connectivity index (χ1n) is 8.04. The van der Waals surface area contributed by atoms with E-state index in [1.54, 1.807) is 48.5 Å². The molecule has 6 heteroatoms.